The Balaban J connectivity index is 2.22. The summed E-state index contributed by atoms with van der Waals surface area (Å²) in [6.07, 6.45) is 6.18. The van der Waals surface area contributed by atoms with Gasteiger partial charge >= 0.3 is 0 Å². The second-order valence-electron chi connectivity index (χ2n) is 5.97. The average Bonchev–Trinajstić information content (AvgIpc) is 3.11. The first-order valence-electron chi connectivity index (χ1n) is 7.30. The van der Waals surface area contributed by atoms with Gasteiger partial charge in [-0.15, -0.1) is 0 Å². The lowest BCUT2D eigenvalue weighted by atomic mass is 10.0. The Hall–Kier alpha value is -2.69. The van der Waals surface area contributed by atoms with E-state index < -0.39 is 0 Å². The van der Waals surface area contributed by atoms with Crippen LogP contribution in [0.2, 0.25) is 0 Å². The Morgan fingerprint density at radius 1 is 1.23 bits per heavy atom. The maximum Gasteiger partial charge on any atom is 0.212 e. The molecule has 0 saturated heterocycles. The van der Waals surface area contributed by atoms with Crippen molar-refractivity contribution in [3.8, 4) is 0 Å². The van der Waals surface area contributed by atoms with Crippen molar-refractivity contribution in [2.75, 3.05) is 0 Å². The average molecular weight is 293 g/mol. The third-order valence-electron chi connectivity index (χ3n) is 4.38. The van der Waals surface area contributed by atoms with Gasteiger partial charge in [-0.3, -0.25) is 4.79 Å². The molecule has 4 rings (SSSR count). The molecule has 1 N–H and O–H groups in total. The van der Waals surface area contributed by atoms with Crippen LogP contribution in [0.3, 0.4) is 0 Å². The topological polar surface area (TPSA) is 67.8 Å². The molecular formula is C17H15N3O2. The number of nitrogens with one attached hydrogen (secondary N) is 1. The molecule has 0 fully saturated rings. The number of aromatic nitrogens is 3. The van der Waals surface area contributed by atoms with Gasteiger partial charge in [0.1, 0.15) is 11.9 Å². The van der Waals surface area contributed by atoms with Crippen LogP contribution in [-0.4, -0.2) is 20.8 Å². The number of aromatic amines is 1. The van der Waals surface area contributed by atoms with Crippen LogP contribution in [0, 0.1) is 5.92 Å². The largest absolute Gasteiger partial charge is 0.346 e. The fourth-order valence-electron chi connectivity index (χ4n) is 3.28. The lowest BCUT2D eigenvalue weighted by molar-refractivity contribution is -0.111. The first-order valence-corrected chi connectivity index (χ1v) is 7.30. The van der Waals surface area contributed by atoms with E-state index in [-0.39, 0.29) is 17.4 Å². The first-order chi connectivity index (χ1) is 10.6. The number of carbonyl (C=O) groups excluding carboxylic acids is 1. The zero-order valence-corrected chi connectivity index (χ0v) is 12.3. The minimum atomic E-state index is -0.345. The number of hydrogen-bond donors (Lipinski definition) is 1. The van der Waals surface area contributed by atoms with Gasteiger partial charge < -0.3 is 14.3 Å². The molecule has 1 atom stereocenters. The molecule has 110 valence electrons. The van der Waals surface area contributed by atoms with Crippen molar-refractivity contribution in [3.63, 3.8) is 0 Å². The predicted octanol–water partition coefficient (Wildman–Crippen LogP) is 2.86. The van der Waals surface area contributed by atoms with Crippen molar-refractivity contribution in [1.29, 1.82) is 0 Å². The van der Waals surface area contributed by atoms with Crippen LogP contribution in [0.5, 0.6) is 0 Å². The molecule has 0 saturated carbocycles. The number of nitrogens with zero attached hydrogens (tertiary/aromatic N) is 2. The smallest absolute Gasteiger partial charge is 0.212 e. The number of benzene rings is 1. The van der Waals surface area contributed by atoms with E-state index in [0.29, 0.717) is 10.9 Å². The minimum absolute atomic E-state index is 0.0675. The number of hydrogen-bond acceptors (Lipinski definition) is 3. The molecule has 1 aromatic carbocycles. The fraction of sp³-hybridized carbons (Fsp3) is 0.235. The third-order valence-corrected chi connectivity index (χ3v) is 4.38. The van der Waals surface area contributed by atoms with Crippen LogP contribution in [0.4, 0.5) is 0 Å². The Morgan fingerprint density at radius 2 is 2.05 bits per heavy atom. The molecule has 0 aliphatic heterocycles. The van der Waals surface area contributed by atoms with E-state index in [1.165, 1.54) is 0 Å². The summed E-state index contributed by atoms with van der Waals surface area (Å²) in [6.45, 7) is 3.95. The molecule has 0 radical (unpaired) electrons. The molecule has 22 heavy (non-hydrogen) atoms. The Bertz CT molecular complexity index is 1060. The van der Waals surface area contributed by atoms with Crippen molar-refractivity contribution < 1.29 is 4.79 Å². The van der Waals surface area contributed by atoms with Gasteiger partial charge in [0.2, 0.25) is 5.43 Å². The summed E-state index contributed by atoms with van der Waals surface area (Å²) < 4.78 is 1.80. The molecule has 0 aliphatic carbocycles. The van der Waals surface area contributed by atoms with E-state index in [9.17, 15) is 9.59 Å². The quantitative estimate of drug-likeness (QED) is 0.591. The normalized spacial score (nSPS) is 13.6. The van der Waals surface area contributed by atoms with Crippen LogP contribution >= 0.6 is 0 Å². The maximum atomic E-state index is 12.9. The molecule has 3 heterocycles. The molecule has 5 heteroatoms. The van der Waals surface area contributed by atoms with Gasteiger partial charge in [-0.2, -0.15) is 0 Å². The second-order valence-corrected chi connectivity index (χ2v) is 5.97. The highest BCUT2D eigenvalue weighted by atomic mass is 16.1. The van der Waals surface area contributed by atoms with Crippen molar-refractivity contribution in [2.45, 2.75) is 19.9 Å². The summed E-state index contributed by atoms with van der Waals surface area (Å²) in [5, 5.41) is 3.33. The van der Waals surface area contributed by atoms with Gasteiger partial charge in [0.25, 0.3) is 0 Å². The highest BCUT2D eigenvalue weighted by molar-refractivity contribution is 6.19. The maximum absolute atomic E-state index is 12.9. The second kappa shape index (κ2) is 4.40. The van der Waals surface area contributed by atoms with E-state index in [1.807, 2.05) is 38.4 Å². The summed E-state index contributed by atoms with van der Waals surface area (Å²) in [6, 6.07) is 3.52. The summed E-state index contributed by atoms with van der Waals surface area (Å²) in [5.74, 6) is 0.116. The number of fused-ring (bicyclic) bond motifs is 2. The van der Waals surface area contributed by atoms with E-state index >= 15 is 0 Å². The Kier molecular flexibility index (Phi) is 2.60. The number of aldehydes is 1. The molecule has 0 amide bonds. The Morgan fingerprint density at radius 3 is 2.77 bits per heavy atom. The highest BCUT2D eigenvalue weighted by Crippen LogP contribution is 2.31. The van der Waals surface area contributed by atoms with Gasteiger partial charge in [0.05, 0.1) is 16.9 Å². The highest BCUT2D eigenvalue weighted by Gasteiger charge is 2.21. The van der Waals surface area contributed by atoms with Crippen molar-refractivity contribution in [1.82, 2.24) is 14.5 Å². The van der Waals surface area contributed by atoms with E-state index in [1.54, 1.807) is 10.8 Å². The van der Waals surface area contributed by atoms with Gasteiger partial charge in [-0.1, -0.05) is 13.8 Å². The van der Waals surface area contributed by atoms with Crippen LogP contribution in [0.25, 0.3) is 32.7 Å². The van der Waals surface area contributed by atoms with E-state index in [0.717, 1.165) is 28.1 Å². The summed E-state index contributed by atoms with van der Waals surface area (Å²) in [5.41, 5.74) is 1.23. The van der Waals surface area contributed by atoms with Gasteiger partial charge in [0, 0.05) is 29.4 Å². The molecule has 0 aliphatic rings. The molecule has 5 nitrogen and oxygen atoms in total. The molecule has 0 bridgehead atoms. The zero-order chi connectivity index (χ0) is 15.4. The van der Waals surface area contributed by atoms with Gasteiger partial charge in [0.15, 0.2) is 0 Å². The monoisotopic (exact) mass is 293 g/mol. The standard InChI is InChI=1S/C17H15N3O2/c1-9(2)13(8-21)20-6-4-11-10-3-5-18-17-14(10)12(7-19-17)16(22)15(11)20/h3-9,13H,1-2H3,(H,18,19). The summed E-state index contributed by atoms with van der Waals surface area (Å²) in [7, 11) is 0. The van der Waals surface area contributed by atoms with E-state index in [4.69, 9.17) is 0 Å². The molecule has 4 aromatic rings. The van der Waals surface area contributed by atoms with Crippen LogP contribution in [-0.2, 0) is 4.79 Å². The fourth-order valence-corrected chi connectivity index (χ4v) is 3.28. The van der Waals surface area contributed by atoms with E-state index in [2.05, 4.69) is 9.97 Å². The van der Waals surface area contributed by atoms with Crippen LogP contribution < -0.4 is 5.43 Å². The lowest BCUT2D eigenvalue weighted by Gasteiger charge is -2.17. The van der Waals surface area contributed by atoms with Crippen LogP contribution in [0.1, 0.15) is 19.9 Å². The number of rotatable bonds is 3. The number of carbonyl (C=O) groups is 1. The van der Waals surface area contributed by atoms with Crippen molar-refractivity contribution in [3.05, 3.63) is 40.9 Å². The lowest BCUT2D eigenvalue weighted by Crippen LogP contribution is -2.19. The summed E-state index contributed by atoms with van der Waals surface area (Å²) >= 11 is 0. The summed E-state index contributed by atoms with van der Waals surface area (Å²) in [4.78, 5) is 31.7. The first kappa shape index (κ1) is 13.0. The minimum Gasteiger partial charge on any atom is -0.346 e. The van der Waals surface area contributed by atoms with Gasteiger partial charge in [-0.05, 0) is 23.4 Å². The Labute approximate surface area is 125 Å². The predicted molar refractivity (Wildman–Crippen MR) is 86.5 cm³/mol. The van der Waals surface area contributed by atoms with Gasteiger partial charge in [-0.25, -0.2) is 4.98 Å². The third kappa shape index (κ3) is 1.51. The van der Waals surface area contributed by atoms with Crippen molar-refractivity contribution in [2.24, 2.45) is 5.92 Å². The molecule has 0 spiro atoms. The number of H-pyrrole nitrogens is 1. The zero-order valence-electron chi connectivity index (χ0n) is 12.3. The molecule has 1 unspecified atom stereocenters. The molecular weight excluding hydrogens is 278 g/mol. The van der Waals surface area contributed by atoms with Crippen LogP contribution in [0.15, 0.2) is 35.5 Å². The SMILES string of the molecule is CC(C)C(C=O)n1ccc2c3cc[nH]c4ncc(c(=O)c21)c43. The number of pyridine rings is 1. The van der Waals surface area contributed by atoms with Crippen molar-refractivity contribution >= 4 is 39.0 Å². The molecule has 3 aromatic heterocycles.